The Kier molecular flexibility index (Phi) is 7.83. The highest BCUT2D eigenvalue weighted by Gasteiger charge is 2.54. The van der Waals surface area contributed by atoms with Crippen LogP contribution in [0.25, 0.3) is 0 Å². The van der Waals surface area contributed by atoms with Gasteiger partial charge in [-0.25, -0.2) is 9.40 Å². The Balaban J connectivity index is 1.83. The first-order chi connectivity index (χ1) is 17.1. The number of carbonyl (C=O) groups is 4. The fourth-order valence-corrected chi connectivity index (χ4v) is 5.26. The largest absolute Gasteiger partial charge is 0.292 e. The zero-order valence-electron chi connectivity index (χ0n) is 19.2. The molecule has 10 heteroatoms. The van der Waals surface area contributed by atoms with Crippen molar-refractivity contribution in [2.24, 2.45) is 17.8 Å². The lowest BCUT2D eigenvalue weighted by molar-refractivity contribution is -0.156. The predicted octanol–water partition coefficient (Wildman–Crippen LogP) is 5.57. The molecule has 1 saturated heterocycles. The number of hydrogen-bond donors (Lipinski definition) is 0. The molecule has 6 nitrogen and oxygen atoms in total. The van der Waals surface area contributed by atoms with E-state index in [1.807, 2.05) is 19.1 Å². The Labute approximate surface area is 222 Å². The zero-order valence-corrected chi connectivity index (χ0v) is 21.4. The van der Waals surface area contributed by atoms with Crippen molar-refractivity contribution in [1.29, 1.82) is 0 Å². The van der Waals surface area contributed by atoms with E-state index in [0.29, 0.717) is 6.42 Å². The first-order valence-corrected chi connectivity index (χ1v) is 12.6. The summed E-state index contributed by atoms with van der Waals surface area (Å²) in [5.41, 5.74) is 0.127. The minimum Gasteiger partial charge on any atom is -0.292 e. The second kappa shape index (κ2) is 10.7. The smallest absolute Gasteiger partial charge is 0.273 e. The Morgan fingerprint density at radius 1 is 1.06 bits per heavy atom. The number of hydrogen-bond acceptors (Lipinski definition) is 4. The highest BCUT2D eigenvalue weighted by molar-refractivity contribution is 6.42. The van der Waals surface area contributed by atoms with Gasteiger partial charge in [-0.1, -0.05) is 42.3 Å². The van der Waals surface area contributed by atoms with E-state index in [1.165, 1.54) is 30.3 Å². The molecule has 0 spiro atoms. The van der Waals surface area contributed by atoms with Gasteiger partial charge in [-0.2, -0.15) is 5.01 Å². The standard InChI is InChI=1S/C26H22Cl3FN2O4/c1-14-3-2-4-18-22(14)26(36)32(25(18)35)31(24(34)16-7-10-19(28)20(29)13-16)21(11-12-27)23(33)15-5-8-17(30)9-6-15/h2-3,5-10,13-14,18,21-22H,4,11-12H2,1H3/t14-,18+,21+,22-/m1/s1. The van der Waals surface area contributed by atoms with E-state index in [1.54, 1.807) is 0 Å². The molecule has 0 saturated carbocycles. The number of amides is 3. The van der Waals surface area contributed by atoms with E-state index < -0.39 is 47.2 Å². The second-order valence-electron chi connectivity index (χ2n) is 8.79. The summed E-state index contributed by atoms with van der Waals surface area (Å²) in [6.07, 6.45) is 3.98. The van der Waals surface area contributed by atoms with Crippen molar-refractivity contribution < 1.29 is 23.6 Å². The van der Waals surface area contributed by atoms with Gasteiger partial charge in [0.1, 0.15) is 11.9 Å². The highest BCUT2D eigenvalue weighted by atomic mass is 35.5. The third-order valence-corrected chi connectivity index (χ3v) is 7.51. The van der Waals surface area contributed by atoms with Crippen LogP contribution in [0.2, 0.25) is 10.0 Å². The highest BCUT2D eigenvalue weighted by Crippen LogP contribution is 2.40. The molecule has 2 aromatic carbocycles. The Morgan fingerprint density at radius 2 is 1.72 bits per heavy atom. The molecule has 1 fully saturated rings. The van der Waals surface area contributed by atoms with Crippen molar-refractivity contribution in [3.05, 3.63) is 81.6 Å². The molecule has 188 valence electrons. The monoisotopic (exact) mass is 550 g/mol. The van der Waals surface area contributed by atoms with Gasteiger partial charge in [0, 0.05) is 17.0 Å². The minimum atomic E-state index is -1.31. The number of halogens is 4. The lowest BCUT2D eigenvalue weighted by Gasteiger charge is -2.36. The molecule has 1 aliphatic carbocycles. The number of carbonyl (C=O) groups excluding carboxylic acids is 4. The summed E-state index contributed by atoms with van der Waals surface area (Å²) in [6, 6.07) is 7.58. The van der Waals surface area contributed by atoms with Crippen LogP contribution in [0, 0.1) is 23.6 Å². The Morgan fingerprint density at radius 3 is 2.33 bits per heavy atom. The van der Waals surface area contributed by atoms with Crippen molar-refractivity contribution in [3.63, 3.8) is 0 Å². The predicted molar refractivity (Wildman–Crippen MR) is 134 cm³/mol. The SMILES string of the molecule is C[C@@H]1C=CC[C@@H]2C(=O)N(N(C(=O)c3ccc(Cl)c(Cl)c3)[C@@H](CCCl)C(=O)c3ccc(F)cc3)C(=O)[C@H]12. The van der Waals surface area contributed by atoms with Crippen LogP contribution in [0.4, 0.5) is 4.39 Å². The van der Waals surface area contributed by atoms with Gasteiger partial charge in [0.15, 0.2) is 5.78 Å². The maximum Gasteiger partial charge on any atom is 0.273 e. The van der Waals surface area contributed by atoms with Crippen molar-refractivity contribution in [1.82, 2.24) is 10.0 Å². The molecule has 3 amide bonds. The van der Waals surface area contributed by atoms with Gasteiger partial charge in [0.05, 0.1) is 21.9 Å². The van der Waals surface area contributed by atoms with Gasteiger partial charge in [-0.05, 0) is 61.2 Å². The van der Waals surface area contributed by atoms with Gasteiger partial charge in [-0.15, -0.1) is 11.6 Å². The topological polar surface area (TPSA) is 74.8 Å². The number of fused-ring (bicyclic) bond motifs is 1. The number of ketones is 1. The quantitative estimate of drug-likeness (QED) is 0.195. The summed E-state index contributed by atoms with van der Waals surface area (Å²) in [6.45, 7) is 1.83. The second-order valence-corrected chi connectivity index (χ2v) is 9.98. The van der Waals surface area contributed by atoms with E-state index in [0.717, 1.165) is 22.2 Å². The van der Waals surface area contributed by atoms with Gasteiger partial charge in [0.25, 0.3) is 17.7 Å². The Bertz CT molecular complexity index is 1250. The van der Waals surface area contributed by atoms with Crippen LogP contribution in [0.15, 0.2) is 54.6 Å². The molecular weight excluding hydrogens is 530 g/mol. The third kappa shape index (κ3) is 4.80. The summed E-state index contributed by atoms with van der Waals surface area (Å²) in [5, 5.41) is 1.98. The lowest BCUT2D eigenvalue weighted by Crippen LogP contribution is -2.57. The number of Topliss-reactive ketones (excluding diaryl/α,β-unsaturated/α-hetero) is 1. The molecular formula is C26H22Cl3FN2O4. The number of allylic oxidation sites excluding steroid dienone is 2. The molecule has 1 heterocycles. The maximum atomic E-state index is 13.9. The molecule has 4 rings (SSSR count). The average molecular weight is 552 g/mol. The van der Waals surface area contributed by atoms with Crippen LogP contribution in [0.1, 0.15) is 40.5 Å². The van der Waals surface area contributed by atoms with Crippen molar-refractivity contribution in [2.45, 2.75) is 25.8 Å². The van der Waals surface area contributed by atoms with E-state index in [2.05, 4.69) is 0 Å². The number of imide groups is 1. The van der Waals surface area contributed by atoms with Crippen molar-refractivity contribution in [3.8, 4) is 0 Å². The zero-order chi connectivity index (χ0) is 26.1. The molecule has 36 heavy (non-hydrogen) atoms. The number of nitrogens with zero attached hydrogens (tertiary/aromatic N) is 2. The number of alkyl halides is 1. The van der Waals surface area contributed by atoms with Crippen LogP contribution in [-0.4, -0.2) is 45.4 Å². The summed E-state index contributed by atoms with van der Waals surface area (Å²) in [5.74, 6) is -4.66. The number of benzene rings is 2. The summed E-state index contributed by atoms with van der Waals surface area (Å²) >= 11 is 18.2. The van der Waals surface area contributed by atoms with E-state index in [-0.39, 0.29) is 39.4 Å². The van der Waals surface area contributed by atoms with Crippen molar-refractivity contribution in [2.75, 3.05) is 5.88 Å². The first-order valence-electron chi connectivity index (χ1n) is 11.3. The molecule has 0 unspecified atom stereocenters. The molecule has 2 aliphatic rings. The fourth-order valence-electron chi connectivity index (χ4n) is 4.75. The molecule has 4 atom stereocenters. The summed E-state index contributed by atoms with van der Waals surface area (Å²) < 4.78 is 13.5. The summed E-state index contributed by atoms with van der Waals surface area (Å²) in [4.78, 5) is 54.6. The lowest BCUT2D eigenvalue weighted by atomic mass is 9.78. The molecule has 0 radical (unpaired) electrons. The van der Waals surface area contributed by atoms with Gasteiger partial charge >= 0.3 is 0 Å². The van der Waals surface area contributed by atoms with Crippen LogP contribution >= 0.6 is 34.8 Å². The van der Waals surface area contributed by atoms with E-state index in [4.69, 9.17) is 34.8 Å². The molecule has 1 aliphatic heterocycles. The molecule has 2 aromatic rings. The van der Waals surface area contributed by atoms with Gasteiger partial charge in [-0.3, -0.25) is 19.2 Å². The molecule has 0 aromatic heterocycles. The average Bonchev–Trinajstić information content (AvgIpc) is 3.11. The van der Waals surface area contributed by atoms with Gasteiger partial charge in [0.2, 0.25) is 0 Å². The van der Waals surface area contributed by atoms with Crippen LogP contribution < -0.4 is 0 Å². The van der Waals surface area contributed by atoms with Crippen LogP contribution in [0.5, 0.6) is 0 Å². The van der Waals surface area contributed by atoms with E-state index >= 15 is 0 Å². The normalized spacial score (nSPS) is 21.9. The van der Waals surface area contributed by atoms with Gasteiger partial charge < -0.3 is 0 Å². The first kappa shape index (κ1) is 26.3. The molecule has 0 bridgehead atoms. The number of rotatable bonds is 7. The summed E-state index contributed by atoms with van der Waals surface area (Å²) in [7, 11) is 0. The fraction of sp³-hybridized carbons (Fsp3) is 0.308. The Hall–Kier alpha value is -2.74. The molecule has 0 N–H and O–H groups in total. The van der Waals surface area contributed by atoms with Crippen LogP contribution in [0.3, 0.4) is 0 Å². The van der Waals surface area contributed by atoms with Crippen LogP contribution in [-0.2, 0) is 9.59 Å². The minimum absolute atomic E-state index is 0.0255. The maximum absolute atomic E-state index is 13.9. The van der Waals surface area contributed by atoms with E-state index in [9.17, 15) is 23.6 Å². The van der Waals surface area contributed by atoms with Crippen molar-refractivity contribution >= 4 is 58.3 Å². The number of hydrazine groups is 1. The third-order valence-electron chi connectivity index (χ3n) is 6.55.